The van der Waals surface area contributed by atoms with Crippen LogP contribution in [0.15, 0.2) is 18.2 Å². The van der Waals surface area contributed by atoms with Gasteiger partial charge < -0.3 is 14.2 Å². The smallest absolute Gasteiger partial charge is 0.400 e. The van der Waals surface area contributed by atoms with Crippen molar-refractivity contribution in [2.75, 3.05) is 6.61 Å². The van der Waals surface area contributed by atoms with Crippen LogP contribution < -0.4 is 4.74 Å². The summed E-state index contributed by atoms with van der Waals surface area (Å²) in [6.07, 6.45) is -3.89. The molecule has 0 amide bonds. The van der Waals surface area contributed by atoms with Crippen LogP contribution in [0.2, 0.25) is 0 Å². The molecule has 5 unspecified atom stereocenters. The second kappa shape index (κ2) is 8.20. The highest BCUT2D eigenvalue weighted by Gasteiger charge is 2.64. The molecule has 2 saturated heterocycles. The fourth-order valence-corrected chi connectivity index (χ4v) is 6.77. The second-order valence-electron chi connectivity index (χ2n) is 7.61. The third-order valence-corrected chi connectivity index (χ3v) is 8.91. The van der Waals surface area contributed by atoms with Crippen LogP contribution in [-0.2, 0) is 24.4 Å². The fraction of sp³-hybridized carbons (Fsp3) is 0.556. The normalized spacial score (nSPS) is 29.9. The Kier molecular flexibility index (Phi) is 6.12. The molecule has 3 aliphatic rings. The Morgan fingerprint density at radius 2 is 2.12 bits per heavy atom. The summed E-state index contributed by atoms with van der Waals surface area (Å²) >= 11 is 3.45. The van der Waals surface area contributed by atoms with Crippen LogP contribution in [0.4, 0.5) is 13.2 Å². The Balaban J connectivity index is 1.35. The van der Waals surface area contributed by atoms with Gasteiger partial charge in [0.25, 0.3) is 5.79 Å². The predicted octanol–water partition coefficient (Wildman–Crippen LogP) is 3.18. The van der Waals surface area contributed by atoms with Gasteiger partial charge >= 0.3 is 27.3 Å². The molecule has 2 bridgehead atoms. The quantitative estimate of drug-likeness (QED) is 0.296. The number of carbonyl (C=O) groups is 2. The van der Waals surface area contributed by atoms with E-state index in [-0.39, 0.29) is 23.3 Å². The molecule has 176 valence electrons. The predicted molar refractivity (Wildman–Crippen MR) is 113 cm³/mol. The van der Waals surface area contributed by atoms with E-state index in [0.29, 0.717) is 11.3 Å². The lowest BCUT2D eigenvalue weighted by Crippen LogP contribution is -2.53. The second-order valence-corrected chi connectivity index (χ2v) is 11.8. The van der Waals surface area contributed by atoms with Gasteiger partial charge in [0.2, 0.25) is 0 Å². The molecule has 32 heavy (non-hydrogen) atoms. The van der Waals surface area contributed by atoms with E-state index in [1.165, 1.54) is 11.8 Å². The summed E-state index contributed by atoms with van der Waals surface area (Å²) in [5.41, 5.74) is 0.314. The van der Waals surface area contributed by atoms with Crippen molar-refractivity contribution >= 4 is 56.4 Å². The van der Waals surface area contributed by atoms with E-state index in [1.807, 2.05) is 0 Å². The maximum Gasteiger partial charge on any atom is 0.400 e. The first-order valence-electron chi connectivity index (χ1n) is 9.37. The third kappa shape index (κ3) is 4.07. The molecule has 0 saturated carbocycles. The van der Waals surface area contributed by atoms with Gasteiger partial charge in [-0.2, -0.15) is 17.2 Å². The topological polar surface area (TPSA) is 116 Å². The van der Waals surface area contributed by atoms with E-state index in [0.717, 1.165) is 3.57 Å². The minimum Gasteiger partial charge on any atom is -0.465 e. The number of esters is 2. The van der Waals surface area contributed by atoms with Gasteiger partial charge in [-0.05, 0) is 47.2 Å². The number of hydrogen-bond donors (Lipinski definition) is 1. The number of benzene rings is 1. The Labute approximate surface area is 198 Å². The summed E-state index contributed by atoms with van der Waals surface area (Å²) in [5, 5.41) is -5.68. The van der Waals surface area contributed by atoms with E-state index < -0.39 is 58.2 Å². The fourth-order valence-electron chi connectivity index (χ4n) is 3.96. The van der Waals surface area contributed by atoms with Crippen LogP contribution in [0.25, 0.3) is 0 Å². The number of rotatable bonds is 6. The highest BCUT2D eigenvalue weighted by atomic mass is 127. The van der Waals surface area contributed by atoms with Gasteiger partial charge in [0.15, 0.2) is 6.17 Å². The first-order chi connectivity index (χ1) is 14.8. The van der Waals surface area contributed by atoms with E-state index >= 15 is 0 Å². The SMILES string of the molecule is O=C1OC2(CC3SC2CC3C(=O)OCCC(F)C(F)(F)S(=O)(=O)O)Oc2ccc(I)cc21. The summed E-state index contributed by atoms with van der Waals surface area (Å²) in [5.74, 6) is -2.74. The third-order valence-electron chi connectivity index (χ3n) is 5.57. The molecule has 3 heterocycles. The molecule has 1 N–H and O–H groups in total. The summed E-state index contributed by atoms with van der Waals surface area (Å²) in [6.45, 7) is -0.785. The zero-order valence-corrected chi connectivity index (χ0v) is 19.8. The van der Waals surface area contributed by atoms with Crippen LogP contribution in [0.1, 0.15) is 29.6 Å². The number of hydrogen-bond acceptors (Lipinski definition) is 8. The molecule has 2 fully saturated rings. The maximum atomic E-state index is 13.5. The first-order valence-corrected chi connectivity index (χ1v) is 12.8. The van der Waals surface area contributed by atoms with Gasteiger partial charge in [-0.1, -0.05) is 0 Å². The standard InChI is InChI=1S/C18H16F3IO8S2/c19-13(18(20,21)32(25,26)27)3-4-28-15(23)10-6-14-17(7-12(10)31-14)29-11-2-1-8(22)5-9(11)16(24)30-17/h1-2,5,10,12-14H,3-4,6-7H2,(H,25,26,27). The van der Waals surface area contributed by atoms with Crippen molar-refractivity contribution in [3.8, 4) is 5.75 Å². The highest BCUT2D eigenvalue weighted by Crippen LogP contribution is 2.58. The highest BCUT2D eigenvalue weighted by molar-refractivity contribution is 14.1. The zero-order chi connectivity index (χ0) is 23.5. The Hall–Kier alpha value is -1.26. The number of alkyl halides is 3. The minimum atomic E-state index is -5.93. The maximum absolute atomic E-state index is 13.5. The molecule has 1 aromatic carbocycles. The largest absolute Gasteiger partial charge is 0.465 e. The van der Waals surface area contributed by atoms with Crippen LogP contribution in [-0.4, -0.2) is 59.2 Å². The minimum absolute atomic E-state index is 0.214. The van der Waals surface area contributed by atoms with Gasteiger partial charge in [0.05, 0.1) is 17.8 Å². The molecular weight excluding hydrogens is 592 g/mol. The molecule has 0 aromatic heterocycles. The van der Waals surface area contributed by atoms with Crippen LogP contribution in [0.3, 0.4) is 0 Å². The molecule has 5 atom stereocenters. The Bertz CT molecular complexity index is 1070. The summed E-state index contributed by atoms with van der Waals surface area (Å²) in [4.78, 5) is 24.9. The number of thioether (sulfide) groups is 1. The van der Waals surface area contributed by atoms with Crippen LogP contribution in [0.5, 0.6) is 5.75 Å². The van der Waals surface area contributed by atoms with Crippen LogP contribution >= 0.6 is 34.4 Å². The van der Waals surface area contributed by atoms with Gasteiger partial charge in [0, 0.05) is 21.7 Å². The van der Waals surface area contributed by atoms with Gasteiger partial charge in [-0.25, -0.2) is 9.18 Å². The average Bonchev–Trinajstić information content (AvgIpc) is 3.25. The van der Waals surface area contributed by atoms with Crippen molar-refractivity contribution in [3.63, 3.8) is 0 Å². The van der Waals surface area contributed by atoms with E-state index in [1.54, 1.807) is 18.2 Å². The molecular formula is C18H16F3IO8S2. The zero-order valence-electron chi connectivity index (χ0n) is 16.0. The van der Waals surface area contributed by atoms with Crippen molar-refractivity contribution in [2.24, 2.45) is 5.92 Å². The first kappa shape index (κ1) is 23.9. The molecule has 3 aliphatic heterocycles. The number of carbonyl (C=O) groups excluding carboxylic acids is 2. The van der Waals surface area contributed by atoms with Crippen molar-refractivity contribution in [1.82, 2.24) is 0 Å². The lowest BCUT2D eigenvalue weighted by Gasteiger charge is -2.40. The number of halogens is 4. The lowest BCUT2D eigenvalue weighted by molar-refractivity contribution is -0.172. The Morgan fingerprint density at radius 1 is 1.41 bits per heavy atom. The molecule has 0 aliphatic carbocycles. The monoisotopic (exact) mass is 608 g/mol. The molecule has 1 aromatic rings. The number of fused-ring (bicyclic) bond motifs is 4. The Morgan fingerprint density at radius 3 is 2.75 bits per heavy atom. The molecule has 0 radical (unpaired) electrons. The molecule has 4 rings (SSSR count). The number of ether oxygens (including phenoxy) is 3. The average molecular weight is 608 g/mol. The molecule has 14 heteroatoms. The van der Waals surface area contributed by atoms with Crippen molar-refractivity contribution in [2.45, 2.75) is 47.0 Å². The van der Waals surface area contributed by atoms with Gasteiger partial charge in [-0.15, -0.1) is 11.8 Å². The van der Waals surface area contributed by atoms with E-state index in [9.17, 15) is 31.2 Å². The van der Waals surface area contributed by atoms with Crippen LogP contribution in [0, 0.1) is 9.49 Å². The van der Waals surface area contributed by atoms with E-state index in [2.05, 4.69) is 22.6 Å². The van der Waals surface area contributed by atoms with E-state index in [4.69, 9.17) is 18.8 Å². The van der Waals surface area contributed by atoms with Gasteiger partial charge in [0.1, 0.15) is 11.3 Å². The lowest BCUT2D eigenvalue weighted by atomic mass is 9.84. The van der Waals surface area contributed by atoms with Crippen molar-refractivity contribution < 1.29 is 49.9 Å². The van der Waals surface area contributed by atoms with Crippen molar-refractivity contribution in [1.29, 1.82) is 0 Å². The molecule has 1 spiro atoms. The summed E-state index contributed by atoms with van der Waals surface area (Å²) in [6, 6.07) is 5.11. The molecule has 8 nitrogen and oxygen atoms in total. The van der Waals surface area contributed by atoms with Crippen molar-refractivity contribution in [3.05, 3.63) is 27.3 Å². The summed E-state index contributed by atoms with van der Waals surface area (Å²) in [7, 11) is -5.93. The van der Waals surface area contributed by atoms with Gasteiger partial charge in [-0.3, -0.25) is 9.35 Å². The summed E-state index contributed by atoms with van der Waals surface area (Å²) < 4.78 is 86.8.